The standard InChI is InChI=1S/C10H17ClN2/c1-8-3-9(2)6-13(5-8)7-10(11)4-12/h8-10H,3,5-7H2,1-2H3. The molecule has 0 aromatic heterocycles. The molecule has 1 saturated heterocycles. The maximum Gasteiger partial charge on any atom is 0.133 e. The number of halogens is 1. The Morgan fingerprint density at radius 2 is 2.00 bits per heavy atom. The van der Waals surface area contributed by atoms with Crippen LogP contribution in [0.1, 0.15) is 20.3 Å². The average molecular weight is 201 g/mol. The minimum atomic E-state index is -0.350. The molecular formula is C10H17ClN2. The molecule has 1 rings (SSSR count). The van der Waals surface area contributed by atoms with E-state index < -0.39 is 0 Å². The van der Waals surface area contributed by atoms with Crippen molar-refractivity contribution in [3.8, 4) is 6.07 Å². The molecule has 1 heterocycles. The Kier molecular flexibility index (Phi) is 4.02. The highest BCUT2D eigenvalue weighted by molar-refractivity contribution is 6.22. The zero-order valence-corrected chi connectivity index (χ0v) is 9.09. The van der Waals surface area contributed by atoms with Gasteiger partial charge in [0.15, 0.2) is 0 Å². The lowest BCUT2D eigenvalue weighted by atomic mass is 9.92. The summed E-state index contributed by atoms with van der Waals surface area (Å²) in [7, 11) is 0. The molecule has 13 heavy (non-hydrogen) atoms. The van der Waals surface area contributed by atoms with Crippen LogP contribution in [0.5, 0.6) is 0 Å². The molecule has 1 fully saturated rings. The molecule has 74 valence electrons. The van der Waals surface area contributed by atoms with E-state index in [4.69, 9.17) is 16.9 Å². The van der Waals surface area contributed by atoms with Crippen LogP contribution in [-0.4, -0.2) is 29.9 Å². The van der Waals surface area contributed by atoms with Crippen LogP contribution in [0.15, 0.2) is 0 Å². The average Bonchev–Trinajstić information content (AvgIpc) is 2.02. The van der Waals surface area contributed by atoms with Crippen molar-refractivity contribution in [2.24, 2.45) is 11.8 Å². The van der Waals surface area contributed by atoms with Gasteiger partial charge in [-0.15, -0.1) is 11.6 Å². The van der Waals surface area contributed by atoms with Crippen LogP contribution in [0.4, 0.5) is 0 Å². The minimum Gasteiger partial charge on any atom is -0.300 e. The summed E-state index contributed by atoms with van der Waals surface area (Å²) in [6.45, 7) is 7.42. The van der Waals surface area contributed by atoms with Crippen LogP contribution < -0.4 is 0 Å². The Morgan fingerprint density at radius 1 is 1.46 bits per heavy atom. The molecular weight excluding hydrogens is 184 g/mol. The Morgan fingerprint density at radius 3 is 2.46 bits per heavy atom. The van der Waals surface area contributed by atoms with Gasteiger partial charge in [0.2, 0.25) is 0 Å². The minimum absolute atomic E-state index is 0.350. The van der Waals surface area contributed by atoms with Gasteiger partial charge in [-0.05, 0) is 18.3 Å². The molecule has 0 aromatic carbocycles. The second-order valence-electron chi connectivity index (χ2n) is 4.26. The fraction of sp³-hybridized carbons (Fsp3) is 0.900. The molecule has 1 aliphatic rings. The smallest absolute Gasteiger partial charge is 0.133 e. The van der Waals surface area contributed by atoms with Crippen LogP contribution in [0.3, 0.4) is 0 Å². The molecule has 0 spiro atoms. The van der Waals surface area contributed by atoms with Crippen molar-refractivity contribution in [2.45, 2.75) is 25.6 Å². The van der Waals surface area contributed by atoms with E-state index in [1.54, 1.807) is 0 Å². The highest BCUT2D eigenvalue weighted by Gasteiger charge is 2.22. The third-order valence-electron chi connectivity index (χ3n) is 2.50. The van der Waals surface area contributed by atoms with Crippen LogP contribution >= 0.6 is 11.6 Å². The number of hydrogen-bond acceptors (Lipinski definition) is 2. The van der Waals surface area contributed by atoms with Gasteiger partial charge < -0.3 is 4.90 Å². The van der Waals surface area contributed by atoms with Gasteiger partial charge in [0, 0.05) is 19.6 Å². The van der Waals surface area contributed by atoms with E-state index in [-0.39, 0.29) is 5.38 Å². The Labute approximate surface area is 85.5 Å². The van der Waals surface area contributed by atoms with E-state index in [0.717, 1.165) is 24.9 Å². The number of alkyl halides is 1. The number of rotatable bonds is 2. The van der Waals surface area contributed by atoms with Crippen LogP contribution in [0.25, 0.3) is 0 Å². The van der Waals surface area contributed by atoms with E-state index in [1.807, 2.05) is 0 Å². The van der Waals surface area contributed by atoms with Gasteiger partial charge in [-0.3, -0.25) is 0 Å². The van der Waals surface area contributed by atoms with Crippen molar-refractivity contribution >= 4 is 11.6 Å². The predicted octanol–water partition coefficient (Wildman–Crippen LogP) is 2.10. The fourth-order valence-electron chi connectivity index (χ4n) is 2.21. The second-order valence-corrected chi connectivity index (χ2v) is 4.79. The van der Waals surface area contributed by atoms with Crippen molar-refractivity contribution < 1.29 is 0 Å². The lowest BCUT2D eigenvalue weighted by Gasteiger charge is -2.35. The maximum atomic E-state index is 8.59. The first-order valence-corrected chi connectivity index (χ1v) is 5.31. The quantitative estimate of drug-likeness (QED) is 0.639. The third kappa shape index (κ3) is 3.54. The van der Waals surface area contributed by atoms with Crippen LogP contribution in [0, 0.1) is 23.2 Å². The highest BCUT2D eigenvalue weighted by Crippen LogP contribution is 2.21. The van der Waals surface area contributed by atoms with Gasteiger partial charge in [0.25, 0.3) is 0 Å². The number of nitrogens with zero attached hydrogens (tertiary/aromatic N) is 2. The van der Waals surface area contributed by atoms with Gasteiger partial charge in [-0.1, -0.05) is 13.8 Å². The van der Waals surface area contributed by atoms with Crippen LogP contribution in [0.2, 0.25) is 0 Å². The zero-order valence-electron chi connectivity index (χ0n) is 8.33. The molecule has 0 amide bonds. The maximum absolute atomic E-state index is 8.59. The number of hydrogen-bond donors (Lipinski definition) is 0. The summed E-state index contributed by atoms with van der Waals surface area (Å²) in [5, 5.41) is 8.24. The molecule has 0 bridgehead atoms. The van der Waals surface area contributed by atoms with Gasteiger partial charge in [-0.2, -0.15) is 5.26 Å². The number of piperidine rings is 1. The lowest BCUT2D eigenvalue weighted by molar-refractivity contribution is 0.144. The van der Waals surface area contributed by atoms with E-state index in [9.17, 15) is 0 Å². The summed E-state index contributed by atoms with van der Waals surface area (Å²) in [6, 6.07) is 2.07. The monoisotopic (exact) mass is 200 g/mol. The molecule has 1 aliphatic heterocycles. The topological polar surface area (TPSA) is 27.0 Å². The summed E-state index contributed by atoms with van der Waals surface area (Å²) in [5.74, 6) is 1.48. The van der Waals surface area contributed by atoms with Gasteiger partial charge in [-0.25, -0.2) is 0 Å². The highest BCUT2D eigenvalue weighted by atomic mass is 35.5. The van der Waals surface area contributed by atoms with E-state index in [2.05, 4.69) is 24.8 Å². The Bertz CT molecular complexity index is 190. The van der Waals surface area contributed by atoms with E-state index >= 15 is 0 Å². The lowest BCUT2D eigenvalue weighted by Crippen LogP contribution is -2.41. The zero-order chi connectivity index (χ0) is 9.84. The predicted molar refractivity (Wildman–Crippen MR) is 54.6 cm³/mol. The van der Waals surface area contributed by atoms with Gasteiger partial charge in [0.05, 0.1) is 6.07 Å². The second kappa shape index (κ2) is 4.83. The molecule has 0 aliphatic carbocycles. The van der Waals surface area contributed by atoms with Crippen molar-refractivity contribution in [3.63, 3.8) is 0 Å². The molecule has 0 aromatic rings. The molecule has 3 heteroatoms. The molecule has 2 nitrogen and oxygen atoms in total. The molecule has 0 radical (unpaired) electrons. The first-order chi connectivity index (χ1) is 6.11. The van der Waals surface area contributed by atoms with Crippen molar-refractivity contribution in [3.05, 3.63) is 0 Å². The summed E-state index contributed by atoms with van der Waals surface area (Å²) >= 11 is 5.79. The summed E-state index contributed by atoms with van der Waals surface area (Å²) in [5.41, 5.74) is 0. The molecule has 0 saturated carbocycles. The molecule has 3 unspecified atom stereocenters. The van der Waals surface area contributed by atoms with Crippen molar-refractivity contribution in [1.29, 1.82) is 5.26 Å². The summed E-state index contributed by atoms with van der Waals surface area (Å²) in [6.07, 6.45) is 1.30. The molecule has 3 atom stereocenters. The summed E-state index contributed by atoms with van der Waals surface area (Å²) in [4.78, 5) is 2.31. The SMILES string of the molecule is CC1CC(C)CN(CC(Cl)C#N)C1. The largest absolute Gasteiger partial charge is 0.300 e. The Balaban J connectivity index is 2.38. The normalized spacial score (nSPS) is 32.5. The fourth-order valence-corrected chi connectivity index (χ4v) is 2.40. The van der Waals surface area contributed by atoms with E-state index in [0.29, 0.717) is 6.54 Å². The van der Waals surface area contributed by atoms with Crippen molar-refractivity contribution in [2.75, 3.05) is 19.6 Å². The third-order valence-corrected chi connectivity index (χ3v) is 2.74. The summed E-state index contributed by atoms with van der Waals surface area (Å²) < 4.78 is 0. The van der Waals surface area contributed by atoms with Gasteiger partial charge in [0.1, 0.15) is 5.38 Å². The van der Waals surface area contributed by atoms with Crippen LogP contribution in [-0.2, 0) is 0 Å². The van der Waals surface area contributed by atoms with Gasteiger partial charge >= 0.3 is 0 Å². The van der Waals surface area contributed by atoms with E-state index in [1.165, 1.54) is 6.42 Å². The first-order valence-electron chi connectivity index (χ1n) is 4.88. The van der Waals surface area contributed by atoms with Crippen molar-refractivity contribution in [1.82, 2.24) is 4.90 Å². The molecule has 0 N–H and O–H groups in total. The first kappa shape index (κ1) is 10.8. The number of nitriles is 1. The number of likely N-dealkylation sites (tertiary alicyclic amines) is 1. The Hall–Kier alpha value is -0.260.